The zero-order valence-corrected chi connectivity index (χ0v) is 31.8. The molecule has 1 unspecified atom stereocenters. The zero-order chi connectivity index (χ0) is 38.3. The molecular formula is C54H36N3O+. The zero-order valence-electron chi connectivity index (χ0n) is 31.8. The van der Waals surface area contributed by atoms with Gasteiger partial charge >= 0.3 is 0 Å². The lowest BCUT2D eigenvalue weighted by Gasteiger charge is -2.23. The Labute approximate surface area is 335 Å². The maximum atomic E-state index is 6.93. The van der Waals surface area contributed by atoms with E-state index in [4.69, 9.17) is 9.41 Å². The number of fused-ring (bicyclic) bond motifs is 8. The number of hydrogen-bond acceptors (Lipinski definition) is 3. The molecule has 0 amide bonds. The number of rotatable bonds is 5. The summed E-state index contributed by atoms with van der Waals surface area (Å²) in [5.41, 5.74) is 14.6. The number of hydrogen-bond donors (Lipinski definition) is 1. The molecule has 0 bridgehead atoms. The van der Waals surface area contributed by atoms with Crippen LogP contribution < -0.4 is 5.32 Å². The van der Waals surface area contributed by atoms with Crippen LogP contribution in [0.15, 0.2) is 197 Å². The molecule has 4 nitrogen and oxygen atoms in total. The summed E-state index contributed by atoms with van der Waals surface area (Å²) in [5.74, 6) is 1.87. The van der Waals surface area contributed by atoms with Gasteiger partial charge in [-0.05, 0) is 78.7 Å². The minimum absolute atomic E-state index is 0.360. The molecule has 9 aromatic carbocycles. The van der Waals surface area contributed by atoms with Crippen molar-refractivity contribution < 1.29 is 8.99 Å². The van der Waals surface area contributed by atoms with Crippen LogP contribution in [-0.2, 0) is 0 Å². The number of benzene rings is 9. The third kappa shape index (κ3) is 4.88. The second-order valence-electron chi connectivity index (χ2n) is 15.3. The third-order valence-electron chi connectivity index (χ3n) is 12.1. The van der Waals surface area contributed by atoms with Crippen molar-refractivity contribution in [2.24, 2.45) is 4.99 Å². The Bertz CT molecular complexity index is 3350. The fraction of sp³-hybridized carbons (Fsp3) is 0.0370. The van der Waals surface area contributed by atoms with E-state index in [9.17, 15) is 0 Å². The van der Waals surface area contributed by atoms with E-state index in [0.717, 1.165) is 61.2 Å². The molecule has 0 saturated carbocycles. The molecule has 2 heterocycles. The fourth-order valence-electron chi connectivity index (χ4n) is 9.43. The van der Waals surface area contributed by atoms with E-state index >= 15 is 0 Å². The number of amidine groups is 2. The monoisotopic (exact) mass is 742 g/mol. The van der Waals surface area contributed by atoms with Gasteiger partial charge in [0.2, 0.25) is 5.84 Å². The van der Waals surface area contributed by atoms with Crippen molar-refractivity contribution in [1.29, 1.82) is 0 Å². The first-order chi connectivity index (χ1) is 28.7. The van der Waals surface area contributed by atoms with Gasteiger partial charge in [0, 0.05) is 21.9 Å². The number of aliphatic imine (C=N–C) groups is 1. The molecule has 0 saturated heterocycles. The van der Waals surface area contributed by atoms with E-state index in [1.807, 2.05) is 0 Å². The molecule has 1 N–H and O–H groups in total. The van der Waals surface area contributed by atoms with E-state index in [2.05, 4.69) is 205 Å². The summed E-state index contributed by atoms with van der Waals surface area (Å²) in [7, 11) is 2.15. The summed E-state index contributed by atoms with van der Waals surface area (Å²) in [6.45, 7) is 0. The Balaban J connectivity index is 1.12. The van der Waals surface area contributed by atoms with Crippen molar-refractivity contribution in [3.8, 4) is 44.5 Å². The molecule has 272 valence electrons. The third-order valence-corrected chi connectivity index (χ3v) is 12.1. The van der Waals surface area contributed by atoms with Crippen LogP contribution in [0.25, 0.3) is 88.0 Å². The second-order valence-corrected chi connectivity index (χ2v) is 15.3. The molecule has 1 aliphatic heterocycles. The number of nitrogens with one attached hydrogen (secondary N) is 1. The Morgan fingerprint density at radius 2 is 1.10 bits per heavy atom. The first-order valence-electron chi connectivity index (χ1n) is 19.9. The summed E-state index contributed by atoms with van der Waals surface area (Å²) in [5, 5.41) is 11.0. The van der Waals surface area contributed by atoms with Crippen LogP contribution in [0.3, 0.4) is 0 Å². The average Bonchev–Trinajstić information content (AvgIpc) is 3.84. The molecule has 2 aliphatic rings. The molecule has 58 heavy (non-hydrogen) atoms. The van der Waals surface area contributed by atoms with Crippen molar-refractivity contribution in [3.63, 3.8) is 0 Å². The van der Waals surface area contributed by atoms with E-state index in [-0.39, 0.29) is 6.17 Å². The lowest BCUT2D eigenvalue weighted by molar-refractivity contribution is -0.375. The van der Waals surface area contributed by atoms with Gasteiger partial charge in [-0.1, -0.05) is 175 Å². The highest BCUT2D eigenvalue weighted by Crippen LogP contribution is 2.52. The van der Waals surface area contributed by atoms with Gasteiger partial charge in [-0.3, -0.25) is 5.32 Å². The standard InChI is InChI=1S/C54H35N3O/c1-57-53(42-31-30-38(35-16-6-3-7-17-35)39-20-8-9-21-40(39)42)55-52(37-28-26-34(27-29-37)33-14-4-2-5-15-33)56-54(57)46-32-45-41-23-12-18-36-19-13-24-44(48(36)41)50(45)51-49(46)43-22-10-11-25-47(43)58-51/h2-32,52H,1H3/p+1. The molecule has 1 aliphatic carbocycles. The van der Waals surface area contributed by atoms with Crippen LogP contribution in [0, 0.1) is 0 Å². The Hall–Kier alpha value is -7.56. The van der Waals surface area contributed by atoms with Gasteiger partial charge < -0.3 is 4.42 Å². The SMILES string of the molecule is C[N+]1=C(c2cc3c(c4oc5ccccc5c24)-c2cccc4cccc-3c24)NC(c2ccc(-c3ccccc3)cc2)N=C1c1ccc(-c2ccccc2)c2ccccc12. The van der Waals surface area contributed by atoms with Crippen molar-refractivity contribution in [1.82, 2.24) is 5.32 Å². The molecule has 4 heteroatoms. The van der Waals surface area contributed by atoms with Gasteiger partial charge in [0.05, 0.1) is 18.2 Å². The largest absolute Gasteiger partial charge is 0.455 e. The maximum absolute atomic E-state index is 6.93. The quantitative estimate of drug-likeness (QED) is 0.178. The van der Waals surface area contributed by atoms with Gasteiger partial charge in [-0.25, -0.2) is 4.58 Å². The topological polar surface area (TPSA) is 40.5 Å². The van der Waals surface area contributed by atoms with Crippen molar-refractivity contribution in [2.45, 2.75) is 6.17 Å². The molecule has 10 aromatic rings. The minimum Gasteiger partial charge on any atom is -0.455 e. The molecule has 0 spiro atoms. The number of para-hydroxylation sites is 1. The van der Waals surface area contributed by atoms with Gasteiger partial charge in [0.25, 0.3) is 12.0 Å². The van der Waals surface area contributed by atoms with Crippen molar-refractivity contribution in [3.05, 3.63) is 205 Å². The van der Waals surface area contributed by atoms with Gasteiger partial charge in [0.15, 0.2) is 0 Å². The molecule has 0 radical (unpaired) electrons. The van der Waals surface area contributed by atoms with E-state index in [0.29, 0.717) is 0 Å². The lowest BCUT2D eigenvalue weighted by Crippen LogP contribution is -2.43. The predicted molar refractivity (Wildman–Crippen MR) is 240 cm³/mol. The Morgan fingerprint density at radius 3 is 1.86 bits per heavy atom. The van der Waals surface area contributed by atoms with Crippen LogP contribution in [0.1, 0.15) is 22.9 Å². The van der Waals surface area contributed by atoms with Gasteiger partial charge in [-0.15, -0.1) is 0 Å². The van der Waals surface area contributed by atoms with Crippen molar-refractivity contribution in [2.75, 3.05) is 7.05 Å². The van der Waals surface area contributed by atoms with E-state index in [1.54, 1.807) is 0 Å². The summed E-state index contributed by atoms with van der Waals surface area (Å²) >= 11 is 0. The maximum Gasteiger partial charge on any atom is 0.269 e. The smallest absolute Gasteiger partial charge is 0.269 e. The van der Waals surface area contributed by atoms with Crippen molar-refractivity contribution >= 4 is 55.2 Å². The van der Waals surface area contributed by atoms with Crippen LogP contribution in [-0.4, -0.2) is 23.3 Å². The molecule has 1 aromatic heterocycles. The minimum atomic E-state index is -0.360. The summed E-state index contributed by atoms with van der Waals surface area (Å²) in [4.78, 5) is 5.59. The van der Waals surface area contributed by atoms with E-state index in [1.165, 1.54) is 55.1 Å². The highest BCUT2D eigenvalue weighted by molar-refractivity contribution is 6.28. The highest BCUT2D eigenvalue weighted by atomic mass is 16.3. The molecule has 0 fully saturated rings. The Morgan fingerprint density at radius 1 is 0.483 bits per heavy atom. The summed E-state index contributed by atoms with van der Waals surface area (Å²) < 4.78 is 9.18. The molecule has 1 atom stereocenters. The summed E-state index contributed by atoms with van der Waals surface area (Å²) in [6, 6.07) is 67.3. The van der Waals surface area contributed by atoms with Gasteiger partial charge in [-0.2, -0.15) is 0 Å². The molecule has 12 rings (SSSR count). The normalized spacial score (nSPS) is 14.6. The van der Waals surface area contributed by atoms with E-state index < -0.39 is 0 Å². The van der Waals surface area contributed by atoms with Crippen LogP contribution in [0.2, 0.25) is 0 Å². The van der Waals surface area contributed by atoms with Crippen LogP contribution >= 0.6 is 0 Å². The van der Waals surface area contributed by atoms with Gasteiger partial charge in [0.1, 0.15) is 11.2 Å². The lowest BCUT2D eigenvalue weighted by atomic mass is 9.93. The highest BCUT2D eigenvalue weighted by Gasteiger charge is 2.36. The predicted octanol–water partition coefficient (Wildman–Crippen LogP) is 13.0. The van der Waals surface area contributed by atoms with Crippen LogP contribution in [0.5, 0.6) is 0 Å². The first-order valence-corrected chi connectivity index (χ1v) is 19.9. The second kappa shape index (κ2) is 12.7. The number of nitrogens with zero attached hydrogens (tertiary/aromatic N) is 2. The first kappa shape index (κ1) is 32.7. The fourth-order valence-corrected chi connectivity index (χ4v) is 9.43. The average molecular weight is 743 g/mol. The summed E-state index contributed by atoms with van der Waals surface area (Å²) in [6.07, 6.45) is -0.360. The molecular weight excluding hydrogens is 707 g/mol. The Kier molecular flexibility index (Phi) is 7.17. The van der Waals surface area contributed by atoms with Crippen LogP contribution in [0.4, 0.5) is 0 Å². The number of furan rings is 1.